The normalized spacial score (nSPS) is 24.5. The molecule has 0 amide bonds. The van der Waals surface area contributed by atoms with Crippen LogP contribution in [0.25, 0.3) is 0 Å². The molecule has 15 heavy (non-hydrogen) atoms. The molecule has 1 N–H and O–H groups in total. The Balaban J connectivity index is 2.44. The molecule has 0 heterocycles. The van der Waals surface area contributed by atoms with Crippen LogP contribution < -0.4 is 0 Å². The number of carboxylic acids is 1. The molecule has 0 spiro atoms. The second kappa shape index (κ2) is 5.11. The van der Waals surface area contributed by atoms with Gasteiger partial charge in [0.1, 0.15) is 0 Å². The summed E-state index contributed by atoms with van der Waals surface area (Å²) in [6.07, 6.45) is 1.84. The van der Waals surface area contributed by atoms with Crippen LogP contribution in [0.2, 0.25) is 0 Å². The lowest BCUT2D eigenvalue weighted by Crippen LogP contribution is -2.17. The van der Waals surface area contributed by atoms with E-state index in [1.54, 1.807) is 0 Å². The SMILES string of the molecule is O=C(O)CCC1CCC#CC(F)(F)CC1. The van der Waals surface area contributed by atoms with Gasteiger partial charge in [0.25, 0.3) is 0 Å². The van der Waals surface area contributed by atoms with Crippen LogP contribution in [0, 0.1) is 17.8 Å². The van der Waals surface area contributed by atoms with Gasteiger partial charge in [0, 0.05) is 19.3 Å². The Kier molecular flexibility index (Phi) is 4.07. The number of carbonyl (C=O) groups is 1. The lowest BCUT2D eigenvalue weighted by atomic mass is 9.90. The molecule has 1 aliphatic rings. The highest BCUT2D eigenvalue weighted by molar-refractivity contribution is 5.66. The average Bonchev–Trinajstić information content (AvgIpc) is 2.12. The van der Waals surface area contributed by atoms with E-state index in [4.69, 9.17) is 5.11 Å². The Bertz CT molecular complexity index is 289. The Labute approximate surface area is 87.7 Å². The second-order valence-electron chi connectivity index (χ2n) is 3.88. The number of alkyl halides is 2. The van der Waals surface area contributed by atoms with Crippen LogP contribution in [-0.2, 0) is 4.79 Å². The van der Waals surface area contributed by atoms with E-state index in [-0.39, 0.29) is 18.8 Å². The summed E-state index contributed by atoms with van der Waals surface area (Å²) in [5.41, 5.74) is 0. The number of carboxylic acid groups (broad SMARTS) is 1. The highest BCUT2D eigenvalue weighted by Crippen LogP contribution is 2.28. The molecule has 1 unspecified atom stereocenters. The van der Waals surface area contributed by atoms with Crippen molar-refractivity contribution in [3.63, 3.8) is 0 Å². The number of hydrogen-bond acceptors (Lipinski definition) is 1. The molecule has 84 valence electrons. The number of halogens is 2. The molecular formula is C11H14F2O2. The molecule has 2 nitrogen and oxygen atoms in total. The van der Waals surface area contributed by atoms with Gasteiger partial charge in [-0.2, -0.15) is 8.78 Å². The molecule has 4 heteroatoms. The minimum Gasteiger partial charge on any atom is -0.481 e. The molecule has 0 saturated carbocycles. The van der Waals surface area contributed by atoms with Crippen LogP contribution in [0.5, 0.6) is 0 Å². The maximum absolute atomic E-state index is 12.9. The molecule has 0 aromatic rings. The number of rotatable bonds is 3. The first-order valence-electron chi connectivity index (χ1n) is 5.09. The number of aliphatic carboxylic acids is 1. The first-order valence-corrected chi connectivity index (χ1v) is 5.09. The van der Waals surface area contributed by atoms with E-state index in [1.807, 2.05) is 5.92 Å². The van der Waals surface area contributed by atoms with Crippen molar-refractivity contribution < 1.29 is 18.7 Å². The van der Waals surface area contributed by atoms with Gasteiger partial charge in [-0.15, -0.1) is 0 Å². The summed E-state index contributed by atoms with van der Waals surface area (Å²) in [4.78, 5) is 10.3. The molecule has 1 aliphatic carbocycles. The molecular weight excluding hydrogens is 202 g/mol. The van der Waals surface area contributed by atoms with Crippen molar-refractivity contribution in [2.45, 2.75) is 44.4 Å². The summed E-state index contributed by atoms with van der Waals surface area (Å²) in [6.45, 7) is 0. The molecule has 0 aromatic carbocycles. The summed E-state index contributed by atoms with van der Waals surface area (Å²) in [5, 5.41) is 8.50. The third kappa shape index (κ3) is 4.78. The fraction of sp³-hybridized carbons (Fsp3) is 0.727. The van der Waals surface area contributed by atoms with E-state index < -0.39 is 11.9 Å². The first kappa shape index (κ1) is 12.0. The maximum atomic E-state index is 12.9. The fourth-order valence-electron chi connectivity index (χ4n) is 1.68. The van der Waals surface area contributed by atoms with Gasteiger partial charge < -0.3 is 5.11 Å². The maximum Gasteiger partial charge on any atom is 0.308 e. The minimum absolute atomic E-state index is 0.0592. The van der Waals surface area contributed by atoms with Crippen LogP contribution in [-0.4, -0.2) is 17.0 Å². The van der Waals surface area contributed by atoms with Crippen molar-refractivity contribution in [2.24, 2.45) is 5.92 Å². The summed E-state index contributed by atoms with van der Waals surface area (Å²) >= 11 is 0. The van der Waals surface area contributed by atoms with Crippen LogP contribution in [0.15, 0.2) is 0 Å². The molecule has 0 radical (unpaired) electrons. The van der Waals surface area contributed by atoms with Gasteiger partial charge >= 0.3 is 11.9 Å². The first-order chi connectivity index (χ1) is 6.99. The topological polar surface area (TPSA) is 37.3 Å². The Morgan fingerprint density at radius 2 is 2.20 bits per heavy atom. The Morgan fingerprint density at radius 1 is 1.47 bits per heavy atom. The fourth-order valence-corrected chi connectivity index (χ4v) is 1.68. The zero-order valence-electron chi connectivity index (χ0n) is 8.43. The smallest absolute Gasteiger partial charge is 0.308 e. The monoisotopic (exact) mass is 216 g/mol. The van der Waals surface area contributed by atoms with Crippen molar-refractivity contribution >= 4 is 5.97 Å². The van der Waals surface area contributed by atoms with Gasteiger partial charge in [-0.3, -0.25) is 4.79 Å². The van der Waals surface area contributed by atoms with E-state index in [2.05, 4.69) is 5.92 Å². The van der Waals surface area contributed by atoms with E-state index in [9.17, 15) is 13.6 Å². The lowest BCUT2D eigenvalue weighted by molar-refractivity contribution is -0.137. The molecule has 0 aromatic heterocycles. The van der Waals surface area contributed by atoms with Crippen LogP contribution in [0.1, 0.15) is 38.5 Å². The summed E-state index contributed by atoms with van der Waals surface area (Å²) in [5.74, 6) is 0.712. The third-order valence-electron chi connectivity index (χ3n) is 2.58. The third-order valence-corrected chi connectivity index (χ3v) is 2.58. The van der Waals surface area contributed by atoms with Crippen LogP contribution in [0.3, 0.4) is 0 Å². The molecule has 0 bridgehead atoms. The zero-order chi connectivity index (χ0) is 11.3. The average molecular weight is 216 g/mol. The summed E-state index contributed by atoms with van der Waals surface area (Å²) in [6, 6.07) is 0. The van der Waals surface area contributed by atoms with Crippen molar-refractivity contribution in [2.75, 3.05) is 0 Å². The predicted molar refractivity (Wildman–Crippen MR) is 51.6 cm³/mol. The van der Waals surface area contributed by atoms with Crippen LogP contribution in [0.4, 0.5) is 8.78 Å². The number of hydrogen-bond donors (Lipinski definition) is 1. The van der Waals surface area contributed by atoms with Gasteiger partial charge in [-0.25, -0.2) is 0 Å². The summed E-state index contributed by atoms with van der Waals surface area (Å²) < 4.78 is 25.9. The predicted octanol–water partition coefficient (Wildman–Crippen LogP) is 2.68. The van der Waals surface area contributed by atoms with Crippen molar-refractivity contribution in [3.8, 4) is 11.8 Å². The highest BCUT2D eigenvalue weighted by Gasteiger charge is 2.28. The summed E-state index contributed by atoms with van der Waals surface area (Å²) in [7, 11) is 0. The van der Waals surface area contributed by atoms with Gasteiger partial charge in [0.2, 0.25) is 0 Å². The van der Waals surface area contributed by atoms with E-state index in [0.717, 1.165) is 6.42 Å². The Morgan fingerprint density at radius 3 is 2.87 bits per heavy atom. The Hall–Kier alpha value is -1.11. The van der Waals surface area contributed by atoms with E-state index in [0.29, 0.717) is 19.3 Å². The van der Waals surface area contributed by atoms with E-state index >= 15 is 0 Å². The second-order valence-corrected chi connectivity index (χ2v) is 3.88. The van der Waals surface area contributed by atoms with Crippen molar-refractivity contribution in [1.29, 1.82) is 0 Å². The molecule has 1 rings (SSSR count). The standard InChI is InChI=1S/C11H14F2O2/c12-11(13)7-2-1-3-9(6-8-11)4-5-10(14)15/h9H,1,3-6,8H2,(H,14,15). The van der Waals surface area contributed by atoms with Gasteiger partial charge in [-0.05, 0) is 31.1 Å². The van der Waals surface area contributed by atoms with Crippen molar-refractivity contribution in [1.82, 2.24) is 0 Å². The highest BCUT2D eigenvalue weighted by atomic mass is 19.3. The van der Waals surface area contributed by atoms with Crippen molar-refractivity contribution in [3.05, 3.63) is 0 Å². The van der Waals surface area contributed by atoms with Gasteiger partial charge in [-0.1, -0.05) is 5.92 Å². The van der Waals surface area contributed by atoms with Gasteiger partial charge in [0.15, 0.2) is 0 Å². The molecule has 1 atom stereocenters. The van der Waals surface area contributed by atoms with Gasteiger partial charge in [0.05, 0.1) is 0 Å². The molecule has 0 saturated heterocycles. The molecule has 0 fully saturated rings. The quantitative estimate of drug-likeness (QED) is 0.736. The molecule has 0 aliphatic heterocycles. The van der Waals surface area contributed by atoms with Crippen LogP contribution >= 0.6 is 0 Å². The largest absolute Gasteiger partial charge is 0.481 e. The minimum atomic E-state index is -2.89. The van der Waals surface area contributed by atoms with E-state index in [1.165, 1.54) is 0 Å². The zero-order valence-corrected chi connectivity index (χ0v) is 8.43. The lowest BCUT2D eigenvalue weighted by Gasteiger charge is -2.18.